The summed E-state index contributed by atoms with van der Waals surface area (Å²) in [6.45, 7) is -0.465. The van der Waals surface area contributed by atoms with Crippen LogP contribution in [-0.2, 0) is 9.53 Å². The van der Waals surface area contributed by atoms with Crippen molar-refractivity contribution < 1.29 is 18.7 Å². The molecule has 1 amide bonds. The Hall–Kier alpha value is -2.89. The molecule has 0 atom stereocenters. The number of fused-ring (bicyclic) bond motifs is 1. The Bertz CT molecular complexity index is 1040. The van der Waals surface area contributed by atoms with Gasteiger partial charge in [-0.2, -0.15) is 5.26 Å². The Morgan fingerprint density at radius 3 is 2.81 bits per heavy atom. The second kappa shape index (κ2) is 8.66. The van der Waals surface area contributed by atoms with Crippen LogP contribution < -0.4 is 5.32 Å². The molecule has 0 bridgehead atoms. The zero-order valence-corrected chi connectivity index (χ0v) is 15.5. The number of hydrogen-bond acceptors (Lipinski definition) is 6. The summed E-state index contributed by atoms with van der Waals surface area (Å²) < 4.78 is 19.4. The number of benzene rings is 2. The predicted molar refractivity (Wildman–Crippen MR) is 103 cm³/mol. The van der Waals surface area contributed by atoms with Gasteiger partial charge in [-0.15, -0.1) is 23.1 Å². The molecule has 0 aliphatic rings. The molecule has 8 heteroatoms. The third kappa shape index (κ3) is 4.64. The number of amides is 1. The van der Waals surface area contributed by atoms with Crippen molar-refractivity contribution in [2.45, 2.75) is 4.90 Å². The number of nitriles is 1. The highest BCUT2D eigenvalue weighted by molar-refractivity contribution is 7.99. The van der Waals surface area contributed by atoms with E-state index in [0.717, 1.165) is 16.2 Å². The summed E-state index contributed by atoms with van der Waals surface area (Å²) in [5, 5.41) is 11.7. The molecule has 0 saturated heterocycles. The van der Waals surface area contributed by atoms with Gasteiger partial charge in [0, 0.05) is 15.0 Å². The van der Waals surface area contributed by atoms with Gasteiger partial charge < -0.3 is 10.1 Å². The van der Waals surface area contributed by atoms with E-state index in [1.807, 2.05) is 6.07 Å². The van der Waals surface area contributed by atoms with Crippen LogP contribution in [0.1, 0.15) is 9.67 Å². The topological polar surface area (TPSA) is 79.2 Å². The molecule has 0 aliphatic carbocycles. The van der Waals surface area contributed by atoms with Crippen molar-refractivity contribution in [2.24, 2.45) is 0 Å². The van der Waals surface area contributed by atoms with E-state index in [9.17, 15) is 14.0 Å². The standard InChI is InChI=1S/C19H13FN2O3S2/c20-13-4-3-7-15-12(13)10-17(27-15)19(24)25-11-18(23)22-14-5-1-2-6-16(14)26-9-8-21/h1-7,10H,9,11H2,(H,22,23). The first-order valence-electron chi connectivity index (χ1n) is 7.82. The molecule has 0 unspecified atom stereocenters. The van der Waals surface area contributed by atoms with Crippen LogP contribution in [0.2, 0.25) is 0 Å². The van der Waals surface area contributed by atoms with Crippen LogP contribution >= 0.6 is 23.1 Å². The molecule has 0 saturated carbocycles. The van der Waals surface area contributed by atoms with Crippen molar-refractivity contribution >= 4 is 50.7 Å². The highest BCUT2D eigenvalue weighted by atomic mass is 32.2. The maximum absolute atomic E-state index is 13.7. The summed E-state index contributed by atoms with van der Waals surface area (Å²) in [6, 6.07) is 15.1. The van der Waals surface area contributed by atoms with Crippen LogP contribution in [-0.4, -0.2) is 24.2 Å². The number of thiophene rings is 1. The third-order valence-corrected chi connectivity index (χ3v) is 5.52. The lowest BCUT2D eigenvalue weighted by Crippen LogP contribution is -2.20. The first-order valence-corrected chi connectivity index (χ1v) is 9.62. The molecule has 136 valence electrons. The molecule has 3 rings (SSSR count). The van der Waals surface area contributed by atoms with Gasteiger partial charge in [0.15, 0.2) is 6.61 Å². The first-order chi connectivity index (χ1) is 13.1. The summed E-state index contributed by atoms with van der Waals surface area (Å²) in [4.78, 5) is 25.2. The zero-order chi connectivity index (χ0) is 19.2. The summed E-state index contributed by atoms with van der Waals surface area (Å²) in [5.74, 6) is -1.34. The van der Waals surface area contributed by atoms with Crippen molar-refractivity contribution in [1.29, 1.82) is 5.26 Å². The molecule has 27 heavy (non-hydrogen) atoms. The van der Waals surface area contributed by atoms with Gasteiger partial charge in [-0.1, -0.05) is 18.2 Å². The zero-order valence-electron chi connectivity index (χ0n) is 13.9. The minimum Gasteiger partial charge on any atom is -0.451 e. The van der Waals surface area contributed by atoms with Crippen LogP contribution in [0.3, 0.4) is 0 Å². The largest absolute Gasteiger partial charge is 0.451 e. The quantitative estimate of drug-likeness (QED) is 0.488. The van der Waals surface area contributed by atoms with Gasteiger partial charge in [0.05, 0.1) is 17.5 Å². The molecule has 0 aliphatic heterocycles. The monoisotopic (exact) mass is 400 g/mol. The highest BCUT2D eigenvalue weighted by Crippen LogP contribution is 2.28. The normalized spacial score (nSPS) is 10.4. The average molecular weight is 400 g/mol. The van der Waals surface area contributed by atoms with Crippen molar-refractivity contribution in [3.63, 3.8) is 0 Å². The number of hydrogen-bond donors (Lipinski definition) is 1. The number of para-hydroxylation sites is 1. The number of thioether (sulfide) groups is 1. The molecular formula is C19H13FN2O3S2. The lowest BCUT2D eigenvalue weighted by atomic mass is 10.2. The van der Waals surface area contributed by atoms with Crippen molar-refractivity contribution in [1.82, 2.24) is 0 Å². The Balaban J connectivity index is 1.61. The number of nitrogens with zero attached hydrogens (tertiary/aromatic N) is 1. The Kier molecular flexibility index (Phi) is 6.06. The van der Waals surface area contributed by atoms with Crippen molar-refractivity contribution in [3.05, 3.63) is 59.2 Å². The number of carbonyl (C=O) groups is 2. The summed E-state index contributed by atoms with van der Waals surface area (Å²) in [7, 11) is 0. The molecule has 3 aromatic rings. The van der Waals surface area contributed by atoms with Crippen molar-refractivity contribution in [2.75, 3.05) is 17.7 Å². The maximum atomic E-state index is 13.7. The first kappa shape index (κ1) is 18.9. The number of esters is 1. The molecule has 5 nitrogen and oxygen atoms in total. The van der Waals surface area contributed by atoms with E-state index < -0.39 is 24.3 Å². The summed E-state index contributed by atoms with van der Waals surface area (Å²) in [5.41, 5.74) is 0.544. The summed E-state index contributed by atoms with van der Waals surface area (Å²) in [6.07, 6.45) is 0. The molecule has 1 aromatic heterocycles. The fourth-order valence-electron chi connectivity index (χ4n) is 2.32. The van der Waals surface area contributed by atoms with Gasteiger partial charge in [-0.05, 0) is 30.3 Å². The Morgan fingerprint density at radius 1 is 1.22 bits per heavy atom. The fourth-order valence-corrected chi connectivity index (χ4v) is 3.96. The van der Waals surface area contributed by atoms with Crippen LogP contribution in [0.5, 0.6) is 0 Å². The van der Waals surface area contributed by atoms with Crippen molar-refractivity contribution in [3.8, 4) is 6.07 Å². The van der Waals surface area contributed by atoms with Crippen LogP contribution in [0.25, 0.3) is 10.1 Å². The van der Waals surface area contributed by atoms with E-state index in [-0.39, 0.29) is 10.6 Å². The summed E-state index contributed by atoms with van der Waals surface area (Å²) >= 11 is 2.40. The van der Waals surface area contributed by atoms with E-state index in [0.29, 0.717) is 15.8 Å². The van der Waals surface area contributed by atoms with Gasteiger partial charge in [0.2, 0.25) is 0 Å². The molecule has 0 fully saturated rings. The van der Waals surface area contributed by atoms with Crippen LogP contribution in [0, 0.1) is 17.1 Å². The molecule has 2 aromatic carbocycles. The van der Waals surface area contributed by atoms with Gasteiger partial charge in [0.1, 0.15) is 10.7 Å². The number of rotatable bonds is 6. The molecular weight excluding hydrogens is 387 g/mol. The number of halogens is 1. The van der Waals surface area contributed by atoms with Crippen LogP contribution in [0.4, 0.5) is 10.1 Å². The van der Waals surface area contributed by atoms with E-state index in [1.54, 1.807) is 36.4 Å². The minimum atomic E-state index is -0.683. The Morgan fingerprint density at radius 2 is 2.04 bits per heavy atom. The maximum Gasteiger partial charge on any atom is 0.348 e. The number of nitrogens with one attached hydrogen (secondary N) is 1. The Labute approximate surface area is 162 Å². The molecule has 1 heterocycles. The van der Waals surface area contributed by atoms with Gasteiger partial charge in [0.25, 0.3) is 5.91 Å². The SMILES string of the molecule is N#CCSc1ccccc1NC(=O)COC(=O)c1cc2c(F)cccc2s1. The highest BCUT2D eigenvalue weighted by Gasteiger charge is 2.16. The average Bonchev–Trinajstić information content (AvgIpc) is 3.11. The number of anilines is 1. The van der Waals surface area contributed by atoms with E-state index >= 15 is 0 Å². The minimum absolute atomic E-state index is 0.230. The molecule has 0 spiro atoms. The van der Waals surface area contributed by atoms with E-state index in [2.05, 4.69) is 5.32 Å². The van der Waals surface area contributed by atoms with Gasteiger partial charge in [-0.25, -0.2) is 9.18 Å². The molecule has 0 radical (unpaired) electrons. The lowest BCUT2D eigenvalue weighted by Gasteiger charge is -2.09. The van der Waals surface area contributed by atoms with E-state index in [1.165, 1.54) is 23.9 Å². The molecule has 1 N–H and O–H groups in total. The lowest BCUT2D eigenvalue weighted by molar-refractivity contribution is -0.119. The second-order valence-electron chi connectivity index (χ2n) is 5.33. The smallest absolute Gasteiger partial charge is 0.348 e. The van der Waals surface area contributed by atoms with E-state index in [4.69, 9.17) is 10.00 Å². The van der Waals surface area contributed by atoms with Gasteiger partial charge in [-0.3, -0.25) is 4.79 Å². The third-order valence-electron chi connectivity index (χ3n) is 3.50. The van der Waals surface area contributed by atoms with Crippen LogP contribution in [0.15, 0.2) is 53.4 Å². The second-order valence-corrected chi connectivity index (χ2v) is 7.43. The number of carbonyl (C=O) groups excluding carboxylic acids is 2. The predicted octanol–water partition coefficient (Wildman–Crippen LogP) is 4.45. The fraction of sp³-hybridized carbons (Fsp3) is 0.105. The number of ether oxygens (including phenoxy) is 1. The van der Waals surface area contributed by atoms with Gasteiger partial charge >= 0.3 is 5.97 Å².